The Kier molecular flexibility index (Phi) is 7.18. The Morgan fingerprint density at radius 2 is 1.81 bits per heavy atom. The minimum Gasteiger partial charge on any atom is -0.321 e. The van der Waals surface area contributed by atoms with Crippen LogP contribution in [0.2, 0.25) is 0 Å². The molecular weight excluding hydrogens is 462 g/mol. The molecule has 0 radical (unpaired) electrons. The fraction of sp³-hybridized carbons (Fsp3) is 0.276. The van der Waals surface area contributed by atoms with Gasteiger partial charge in [-0.3, -0.25) is 14.7 Å². The Hall–Kier alpha value is -4.17. The molecule has 5 rings (SSSR count). The van der Waals surface area contributed by atoms with E-state index in [-0.39, 0.29) is 11.6 Å². The second-order valence-electron chi connectivity index (χ2n) is 9.47. The van der Waals surface area contributed by atoms with Gasteiger partial charge in [0.15, 0.2) is 5.82 Å². The van der Waals surface area contributed by atoms with Crippen LogP contribution in [0.25, 0.3) is 10.9 Å². The largest absolute Gasteiger partial charge is 0.321 e. The lowest BCUT2D eigenvalue weighted by molar-refractivity contribution is 0.161. The van der Waals surface area contributed by atoms with Crippen LogP contribution in [0, 0.1) is 13.8 Å². The topological polar surface area (TPSA) is 92.6 Å². The number of aromatic nitrogens is 6. The van der Waals surface area contributed by atoms with Gasteiger partial charge in [0, 0.05) is 31.0 Å². The molecule has 3 aromatic heterocycles. The number of aromatic amines is 1. The molecule has 1 atom stereocenters. The van der Waals surface area contributed by atoms with Crippen LogP contribution in [0.1, 0.15) is 53.0 Å². The molecule has 5 aromatic rings. The molecule has 0 aliphatic rings. The van der Waals surface area contributed by atoms with E-state index in [2.05, 4.69) is 74.6 Å². The Morgan fingerprint density at radius 1 is 1.00 bits per heavy atom. The summed E-state index contributed by atoms with van der Waals surface area (Å²) < 4.78 is 1.86. The lowest BCUT2D eigenvalue weighted by Gasteiger charge is -2.30. The fourth-order valence-corrected chi connectivity index (χ4v) is 4.83. The van der Waals surface area contributed by atoms with Crippen LogP contribution < -0.4 is 5.56 Å². The molecule has 1 unspecified atom stereocenters. The summed E-state index contributed by atoms with van der Waals surface area (Å²) in [6.07, 6.45) is 4.41. The summed E-state index contributed by atoms with van der Waals surface area (Å²) in [7, 11) is 0. The van der Waals surface area contributed by atoms with E-state index in [4.69, 9.17) is 0 Å². The first kappa shape index (κ1) is 24.5. The average Bonchev–Trinajstić information content (AvgIpc) is 3.36. The zero-order valence-corrected chi connectivity index (χ0v) is 21.4. The normalized spacial score (nSPS) is 12.3. The third-order valence-electron chi connectivity index (χ3n) is 6.97. The SMILES string of the molecule is CCC(c1nnnn1Cc1ccccc1)N(Cc1cccnc1)Cc1cc2ccc(C)c(C)c2[nH]c1=O. The number of fused-ring (bicyclic) bond motifs is 1. The number of rotatable bonds is 9. The summed E-state index contributed by atoms with van der Waals surface area (Å²) in [5.41, 5.74) is 5.97. The molecule has 37 heavy (non-hydrogen) atoms. The van der Waals surface area contributed by atoms with E-state index in [1.165, 1.54) is 0 Å². The van der Waals surface area contributed by atoms with Gasteiger partial charge >= 0.3 is 0 Å². The van der Waals surface area contributed by atoms with Crippen molar-refractivity contribution in [1.29, 1.82) is 0 Å². The van der Waals surface area contributed by atoms with E-state index < -0.39 is 0 Å². The Morgan fingerprint density at radius 3 is 2.57 bits per heavy atom. The number of tetrazole rings is 1. The van der Waals surface area contributed by atoms with Crippen molar-refractivity contribution in [2.75, 3.05) is 0 Å². The standard InChI is InChI=1S/C29H31N7O/c1-4-26(28-32-33-34-36(28)18-22-9-6-5-7-10-22)35(17-23-11-8-14-30-16-23)19-25-15-24-13-12-20(2)21(3)27(24)31-29(25)37/h5-16,26H,4,17-19H2,1-3H3,(H,31,37). The van der Waals surface area contributed by atoms with Crippen LogP contribution in [-0.2, 0) is 19.6 Å². The number of hydrogen-bond donors (Lipinski definition) is 1. The van der Waals surface area contributed by atoms with Crippen molar-refractivity contribution in [3.05, 3.63) is 117 Å². The number of pyridine rings is 2. The van der Waals surface area contributed by atoms with Crippen LogP contribution in [0.5, 0.6) is 0 Å². The number of H-pyrrole nitrogens is 1. The first-order valence-corrected chi connectivity index (χ1v) is 12.6. The van der Waals surface area contributed by atoms with Gasteiger partial charge in [-0.2, -0.15) is 0 Å². The highest BCUT2D eigenvalue weighted by Crippen LogP contribution is 2.27. The van der Waals surface area contributed by atoms with Crippen molar-refractivity contribution in [2.24, 2.45) is 0 Å². The number of nitrogens with one attached hydrogen (secondary N) is 1. The zero-order valence-electron chi connectivity index (χ0n) is 21.4. The summed E-state index contributed by atoms with van der Waals surface area (Å²) in [5.74, 6) is 0.777. The molecule has 0 saturated carbocycles. The predicted octanol–water partition coefficient (Wildman–Crippen LogP) is 4.73. The second-order valence-corrected chi connectivity index (χ2v) is 9.47. The van der Waals surface area contributed by atoms with Gasteiger partial charge in [-0.1, -0.05) is 55.5 Å². The minimum absolute atomic E-state index is 0.0730. The lowest BCUT2D eigenvalue weighted by atomic mass is 10.0. The molecule has 1 N–H and O–H groups in total. The highest BCUT2D eigenvalue weighted by molar-refractivity contribution is 5.83. The van der Waals surface area contributed by atoms with Gasteiger partial charge in [-0.15, -0.1) is 5.10 Å². The lowest BCUT2D eigenvalue weighted by Crippen LogP contribution is -2.32. The van der Waals surface area contributed by atoms with E-state index in [9.17, 15) is 4.79 Å². The molecule has 0 aliphatic heterocycles. The smallest absolute Gasteiger partial charge is 0.252 e. The van der Waals surface area contributed by atoms with Crippen LogP contribution in [0.3, 0.4) is 0 Å². The molecule has 2 aromatic carbocycles. The quantitative estimate of drug-likeness (QED) is 0.319. The van der Waals surface area contributed by atoms with Crippen LogP contribution in [-0.4, -0.2) is 35.1 Å². The van der Waals surface area contributed by atoms with Gasteiger partial charge in [0.2, 0.25) is 0 Å². The van der Waals surface area contributed by atoms with Crippen LogP contribution in [0.4, 0.5) is 0 Å². The van der Waals surface area contributed by atoms with E-state index in [0.29, 0.717) is 25.2 Å². The molecule has 0 aliphatic carbocycles. The Bertz CT molecular complexity index is 1540. The maximum atomic E-state index is 13.3. The van der Waals surface area contributed by atoms with Gasteiger partial charge in [-0.05, 0) is 70.5 Å². The Balaban J connectivity index is 1.53. The van der Waals surface area contributed by atoms with E-state index in [0.717, 1.165) is 45.4 Å². The highest BCUT2D eigenvalue weighted by Gasteiger charge is 2.26. The molecule has 3 heterocycles. The third-order valence-corrected chi connectivity index (χ3v) is 6.97. The summed E-state index contributed by atoms with van der Waals surface area (Å²) >= 11 is 0. The molecule has 188 valence electrons. The van der Waals surface area contributed by atoms with E-state index in [1.54, 1.807) is 6.20 Å². The van der Waals surface area contributed by atoms with Crippen molar-refractivity contribution in [3.63, 3.8) is 0 Å². The molecule has 0 amide bonds. The van der Waals surface area contributed by atoms with Gasteiger partial charge in [-0.25, -0.2) is 4.68 Å². The fourth-order valence-electron chi connectivity index (χ4n) is 4.83. The second kappa shape index (κ2) is 10.8. The number of hydrogen-bond acceptors (Lipinski definition) is 6. The summed E-state index contributed by atoms with van der Waals surface area (Å²) in [6, 6.07) is 20.2. The van der Waals surface area contributed by atoms with Crippen LogP contribution >= 0.6 is 0 Å². The van der Waals surface area contributed by atoms with Gasteiger partial charge in [0.05, 0.1) is 18.1 Å². The predicted molar refractivity (Wildman–Crippen MR) is 144 cm³/mol. The zero-order chi connectivity index (χ0) is 25.8. The van der Waals surface area contributed by atoms with Gasteiger partial charge in [0.25, 0.3) is 5.56 Å². The van der Waals surface area contributed by atoms with Crippen molar-refractivity contribution in [2.45, 2.75) is 52.9 Å². The first-order valence-electron chi connectivity index (χ1n) is 12.6. The Labute approximate surface area is 216 Å². The molecule has 8 nitrogen and oxygen atoms in total. The summed E-state index contributed by atoms with van der Waals surface area (Å²) in [4.78, 5) is 23.0. The average molecular weight is 494 g/mol. The molecule has 0 fully saturated rings. The van der Waals surface area contributed by atoms with Gasteiger partial charge in [0.1, 0.15) is 0 Å². The van der Waals surface area contributed by atoms with Crippen LogP contribution in [0.15, 0.2) is 77.9 Å². The number of aryl methyl sites for hydroxylation is 2. The molecule has 8 heteroatoms. The maximum Gasteiger partial charge on any atom is 0.252 e. The van der Waals surface area contributed by atoms with Crippen molar-refractivity contribution in [3.8, 4) is 0 Å². The first-order chi connectivity index (χ1) is 18.0. The molecule has 0 bridgehead atoms. The van der Waals surface area contributed by atoms with E-state index >= 15 is 0 Å². The van der Waals surface area contributed by atoms with Crippen molar-refractivity contribution < 1.29 is 0 Å². The summed E-state index contributed by atoms with van der Waals surface area (Å²) in [5, 5.41) is 13.8. The van der Waals surface area contributed by atoms with E-state index in [1.807, 2.05) is 48.1 Å². The van der Waals surface area contributed by atoms with Crippen molar-refractivity contribution >= 4 is 10.9 Å². The summed E-state index contributed by atoms with van der Waals surface area (Å²) in [6.45, 7) is 7.86. The monoisotopic (exact) mass is 493 g/mol. The highest BCUT2D eigenvalue weighted by atomic mass is 16.1. The van der Waals surface area contributed by atoms with Crippen molar-refractivity contribution in [1.82, 2.24) is 35.1 Å². The third kappa shape index (κ3) is 5.34. The number of nitrogens with zero attached hydrogens (tertiary/aromatic N) is 6. The molecular formula is C29H31N7O. The van der Waals surface area contributed by atoms with Gasteiger partial charge < -0.3 is 4.98 Å². The molecule has 0 saturated heterocycles. The molecule has 0 spiro atoms. The maximum absolute atomic E-state index is 13.3. The number of benzene rings is 2. The minimum atomic E-state index is -0.103.